The van der Waals surface area contributed by atoms with Gasteiger partial charge in [0.05, 0.1) is 29.7 Å². The van der Waals surface area contributed by atoms with Gasteiger partial charge in [-0.2, -0.15) is 0 Å². The molecule has 3 aromatic heterocycles. The van der Waals surface area contributed by atoms with E-state index < -0.39 is 0 Å². The second kappa shape index (κ2) is 9.45. The van der Waals surface area contributed by atoms with Crippen LogP contribution in [0.1, 0.15) is 30.1 Å². The number of carbonyl (C=O) groups is 1. The summed E-state index contributed by atoms with van der Waals surface area (Å²) in [5.74, 6) is 0.700. The van der Waals surface area contributed by atoms with Crippen molar-refractivity contribution in [3.8, 4) is 28.3 Å². The Morgan fingerprint density at radius 1 is 0.968 bits per heavy atom. The number of unbranched alkanes of at least 4 members (excludes halogenated alkanes) is 1. The van der Waals surface area contributed by atoms with Crippen molar-refractivity contribution in [3.63, 3.8) is 0 Å². The van der Waals surface area contributed by atoms with Crippen molar-refractivity contribution < 1.29 is 14.6 Å². The normalized spacial score (nSPS) is 10.9. The van der Waals surface area contributed by atoms with E-state index >= 15 is 0 Å². The number of hydrogen-bond acceptors (Lipinski definition) is 6. The van der Waals surface area contributed by atoms with Crippen molar-refractivity contribution in [2.45, 2.75) is 19.8 Å². The Balaban J connectivity index is 1.55. The van der Waals surface area contributed by atoms with Crippen LogP contribution in [0.15, 0.2) is 67.1 Å². The van der Waals surface area contributed by atoms with Crippen LogP contribution < -0.4 is 4.74 Å². The van der Waals surface area contributed by atoms with Crippen LogP contribution in [0.2, 0.25) is 0 Å². The van der Waals surface area contributed by atoms with Crippen LogP contribution in [0.4, 0.5) is 0 Å². The molecule has 0 unspecified atom stereocenters. The summed E-state index contributed by atoms with van der Waals surface area (Å²) in [7, 11) is 0. The number of Topliss-reactive ketones (excluding diaryl/α,β-unsaturated/α-hetero) is 1. The second-order valence-corrected chi connectivity index (χ2v) is 7.24. The summed E-state index contributed by atoms with van der Waals surface area (Å²) in [6.07, 6.45) is 6.61. The van der Waals surface area contributed by atoms with E-state index in [1.807, 2.05) is 48.5 Å². The van der Waals surface area contributed by atoms with E-state index in [0.29, 0.717) is 17.9 Å². The summed E-state index contributed by atoms with van der Waals surface area (Å²) in [4.78, 5) is 25.4. The topological polar surface area (TPSA) is 85.2 Å². The standard InChI is InChI=1S/C25H23N3O3/c1-17(30)21-14-25(28-24-10-11-26-16-22(21)24)19-6-4-18(5-7-19)23-9-8-20(15-27-23)31-13-3-2-12-29/h4-11,14-16,29H,2-3,12-13H2,1H3. The third kappa shape index (κ3) is 4.75. The quantitative estimate of drug-likeness (QED) is 0.333. The molecule has 3 heterocycles. The van der Waals surface area contributed by atoms with Gasteiger partial charge in [-0.05, 0) is 44.0 Å². The predicted octanol–water partition coefficient (Wildman–Crippen LogP) is 4.71. The molecule has 0 saturated carbocycles. The van der Waals surface area contributed by atoms with E-state index in [-0.39, 0.29) is 12.4 Å². The number of aliphatic hydroxyl groups excluding tert-OH is 1. The smallest absolute Gasteiger partial charge is 0.160 e. The molecule has 0 radical (unpaired) electrons. The van der Waals surface area contributed by atoms with Crippen LogP contribution >= 0.6 is 0 Å². The lowest BCUT2D eigenvalue weighted by molar-refractivity contribution is 0.101. The van der Waals surface area contributed by atoms with Gasteiger partial charge in [0, 0.05) is 41.1 Å². The first-order valence-corrected chi connectivity index (χ1v) is 10.2. The van der Waals surface area contributed by atoms with Crippen molar-refractivity contribution in [3.05, 3.63) is 72.7 Å². The van der Waals surface area contributed by atoms with Crippen molar-refractivity contribution in [2.75, 3.05) is 13.2 Å². The molecule has 0 atom stereocenters. The molecule has 0 amide bonds. The highest BCUT2D eigenvalue weighted by molar-refractivity contribution is 6.06. The Morgan fingerprint density at radius 2 is 1.74 bits per heavy atom. The molecule has 4 rings (SSSR count). The maximum Gasteiger partial charge on any atom is 0.160 e. The predicted molar refractivity (Wildman–Crippen MR) is 120 cm³/mol. The Bertz CT molecular complexity index is 1190. The summed E-state index contributed by atoms with van der Waals surface area (Å²) in [6.45, 7) is 2.30. The first-order valence-electron chi connectivity index (χ1n) is 10.2. The molecule has 0 bridgehead atoms. The van der Waals surface area contributed by atoms with Gasteiger partial charge >= 0.3 is 0 Å². The lowest BCUT2D eigenvalue weighted by Crippen LogP contribution is -1.99. The highest BCUT2D eigenvalue weighted by Gasteiger charge is 2.11. The number of benzene rings is 1. The minimum Gasteiger partial charge on any atom is -0.492 e. The highest BCUT2D eigenvalue weighted by Crippen LogP contribution is 2.27. The lowest BCUT2D eigenvalue weighted by Gasteiger charge is -2.09. The summed E-state index contributed by atoms with van der Waals surface area (Å²) in [5.41, 5.74) is 4.86. The average molecular weight is 413 g/mol. The van der Waals surface area contributed by atoms with Gasteiger partial charge in [-0.25, -0.2) is 4.98 Å². The molecular weight excluding hydrogens is 390 g/mol. The molecular formula is C25H23N3O3. The largest absolute Gasteiger partial charge is 0.492 e. The van der Waals surface area contributed by atoms with Crippen molar-refractivity contribution >= 4 is 16.7 Å². The number of rotatable bonds is 8. The van der Waals surface area contributed by atoms with Gasteiger partial charge in [0.2, 0.25) is 0 Å². The van der Waals surface area contributed by atoms with Crippen LogP contribution in [0.3, 0.4) is 0 Å². The Kier molecular flexibility index (Phi) is 6.29. The molecule has 0 spiro atoms. The summed E-state index contributed by atoms with van der Waals surface area (Å²) in [5, 5.41) is 9.58. The fourth-order valence-corrected chi connectivity index (χ4v) is 3.36. The number of pyridine rings is 3. The van der Waals surface area contributed by atoms with Crippen LogP contribution in [-0.4, -0.2) is 39.1 Å². The van der Waals surface area contributed by atoms with Gasteiger partial charge in [-0.1, -0.05) is 24.3 Å². The Labute approximate surface area is 180 Å². The Hall–Kier alpha value is -3.64. The van der Waals surface area contributed by atoms with Crippen LogP contribution in [0.5, 0.6) is 5.75 Å². The molecule has 1 N–H and O–H groups in total. The zero-order chi connectivity index (χ0) is 21.6. The van der Waals surface area contributed by atoms with E-state index in [2.05, 4.69) is 9.97 Å². The number of carbonyl (C=O) groups excluding carboxylic acids is 1. The van der Waals surface area contributed by atoms with Crippen LogP contribution in [0, 0.1) is 0 Å². The van der Waals surface area contributed by atoms with Crippen molar-refractivity contribution in [2.24, 2.45) is 0 Å². The van der Waals surface area contributed by atoms with Gasteiger partial charge < -0.3 is 9.84 Å². The molecule has 0 aliphatic carbocycles. The van der Waals surface area contributed by atoms with Crippen LogP contribution in [0.25, 0.3) is 33.4 Å². The maximum atomic E-state index is 12.1. The number of fused-ring (bicyclic) bond motifs is 1. The van der Waals surface area contributed by atoms with E-state index in [0.717, 1.165) is 46.3 Å². The molecule has 31 heavy (non-hydrogen) atoms. The number of aliphatic hydroxyl groups is 1. The molecule has 0 saturated heterocycles. The summed E-state index contributed by atoms with van der Waals surface area (Å²) < 4.78 is 5.63. The first-order chi connectivity index (χ1) is 15.2. The Morgan fingerprint density at radius 3 is 2.42 bits per heavy atom. The van der Waals surface area contributed by atoms with E-state index in [1.54, 1.807) is 25.5 Å². The van der Waals surface area contributed by atoms with E-state index in [9.17, 15) is 4.79 Å². The monoisotopic (exact) mass is 413 g/mol. The van der Waals surface area contributed by atoms with Gasteiger partial charge in [-0.15, -0.1) is 0 Å². The summed E-state index contributed by atoms with van der Waals surface area (Å²) in [6, 6.07) is 15.4. The number of nitrogens with zero attached hydrogens (tertiary/aromatic N) is 3. The number of ether oxygens (including phenoxy) is 1. The molecule has 0 aliphatic heterocycles. The third-order valence-electron chi connectivity index (χ3n) is 5.02. The molecule has 1 aromatic carbocycles. The van der Waals surface area contributed by atoms with Gasteiger partial charge in [0.1, 0.15) is 5.75 Å². The number of aromatic nitrogens is 3. The minimum absolute atomic E-state index is 0.0128. The number of hydrogen-bond donors (Lipinski definition) is 1. The maximum absolute atomic E-state index is 12.1. The molecule has 6 heteroatoms. The minimum atomic E-state index is -0.0128. The zero-order valence-corrected chi connectivity index (χ0v) is 17.3. The molecule has 4 aromatic rings. The number of ketones is 1. The van der Waals surface area contributed by atoms with Crippen molar-refractivity contribution in [1.82, 2.24) is 15.0 Å². The molecule has 156 valence electrons. The molecule has 6 nitrogen and oxygen atoms in total. The zero-order valence-electron chi connectivity index (χ0n) is 17.3. The second-order valence-electron chi connectivity index (χ2n) is 7.24. The van der Waals surface area contributed by atoms with Crippen molar-refractivity contribution in [1.29, 1.82) is 0 Å². The van der Waals surface area contributed by atoms with Crippen LogP contribution in [-0.2, 0) is 0 Å². The SMILES string of the molecule is CC(=O)c1cc(-c2ccc(-c3ccc(OCCCCO)cn3)cc2)nc2ccncc12. The first kappa shape index (κ1) is 20.6. The molecule has 0 aliphatic rings. The van der Waals surface area contributed by atoms with Gasteiger partial charge in [0.15, 0.2) is 5.78 Å². The average Bonchev–Trinajstić information content (AvgIpc) is 2.81. The lowest BCUT2D eigenvalue weighted by atomic mass is 10.0. The molecule has 0 fully saturated rings. The van der Waals surface area contributed by atoms with E-state index in [4.69, 9.17) is 14.8 Å². The van der Waals surface area contributed by atoms with Gasteiger partial charge in [0.25, 0.3) is 0 Å². The van der Waals surface area contributed by atoms with Gasteiger partial charge in [-0.3, -0.25) is 14.8 Å². The highest BCUT2D eigenvalue weighted by atomic mass is 16.5. The summed E-state index contributed by atoms with van der Waals surface area (Å²) >= 11 is 0. The fraction of sp³-hybridized carbons (Fsp3) is 0.200. The van der Waals surface area contributed by atoms with E-state index in [1.165, 1.54) is 0 Å². The third-order valence-corrected chi connectivity index (χ3v) is 5.02. The fourth-order valence-electron chi connectivity index (χ4n) is 3.36.